The van der Waals surface area contributed by atoms with E-state index >= 15 is 0 Å². The summed E-state index contributed by atoms with van der Waals surface area (Å²) in [6.07, 6.45) is 2.26. The molecule has 230 valence electrons. The minimum atomic E-state index is -0.610. The summed E-state index contributed by atoms with van der Waals surface area (Å²) in [5.74, 6) is 0.513. The highest BCUT2D eigenvalue weighted by Gasteiger charge is 2.36. The van der Waals surface area contributed by atoms with Gasteiger partial charge in [0.05, 0.1) is 32.5 Å². The van der Waals surface area contributed by atoms with Crippen molar-refractivity contribution in [2.45, 2.75) is 84.3 Å². The fraction of sp³-hybridized carbons (Fsp3) is 0.576. The molecule has 1 aliphatic carbocycles. The summed E-state index contributed by atoms with van der Waals surface area (Å²) in [7, 11) is 0. The maximum Gasteiger partial charge on any atom is 0.410 e. The first-order valence-electron chi connectivity index (χ1n) is 15.1. The molecule has 0 spiro atoms. The molecule has 0 bridgehead atoms. The molecule has 0 N–H and O–H groups in total. The molecule has 0 radical (unpaired) electrons. The number of carbonyl (C=O) groups excluding carboxylic acids is 2. The minimum Gasteiger partial charge on any atom is -0.494 e. The average Bonchev–Trinajstić information content (AvgIpc) is 2.96. The summed E-state index contributed by atoms with van der Waals surface area (Å²) in [5.41, 5.74) is 0.864. The summed E-state index contributed by atoms with van der Waals surface area (Å²) < 4.78 is 36.9. The molecule has 1 saturated carbocycles. The Labute approximate surface area is 249 Å². The van der Waals surface area contributed by atoms with E-state index in [1.807, 2.05) is 61.8 Å². The van der Waals surface area contributed by atoms with Gasteiger partial charge in [0.2, 0.25) is 5.91 Å². The number of carbonyl (C=O) groups is 2. The third-order valence-corrected chi connectivity index (χ3v) is 7.65. The van der Waals surface area contributed by atoms with E-state index in [1.165, 1.54) is 6.07 Å². The van der Waals surface area contributed by atoms with Gasteiger partial charge in [0.15, 0.2) is 0 Å². The van der Waals surface area contributed by atoms with Gasteiger partial charge in [-0.25, -0.2) is 9.18 Å². The fourth-order valence-corrected chi connectivity index (χ4v) is 5.59. The van der Waals surface area contributed by atoms with E-state index in [4.69, 9.17) is 18.9 Å². The van der Waals surface area contributed by atoms with Crippen molar-refractivity contribution in [3.8, 4) is 5.75 Å². The Hall–Kier alpha value is -3.17. The summed E-state index contributed by atoms with van der Waals surface area (Å²) in [6, 6.07) is 14.3. The van der Waals surface area contributed by atoms with Crippen LogP contribution in [0.4, 0.5) is 9.18 Å². The van der Waals surface area contributed by atoms with Gasteiger partial charge in [0.1, 0.15) is 17.2 Å². The zero-order valence-corrected chi connectivity index (χ0v) is 25.4. The van der Waals surface area contributed by atoms with Gasteiger partial charge in [-0.05, 0) is 77.1 Å². The highest BCUT2D eigenvalue weighted by molar-refractivity contribution is 5.79. The summed E-state index contributed by atoms with van der Waals surface area (Å²) >= 11 is 0. The number of halogens is 1. The number of nitrogens with zero attached hydrogens (tertiary/aromatic N) is 2. The van der Waals surface area contributed by atoms with Crippen molar-refractivity contribution >= 4 is 12.0 Å². The van der Waals surface area contributed by atoms with E-state index in [9.17, 15) is 14.0 Å². The molecule has 1 aliphatic heterocycles. The Kier molecular flexibility index (Phi) is 11.2. The van der Waals surface area contributed by atoms with Gasteiger partial charge in [-0.1, -0.05) is 30.3 Å². The maximum atomic E-state index is 13.9. The summed E-state index contributed by atoms with van der Waals surface area (Å²) in [6.45, 7) is 10.4. The Morgan fingerprint density at radius 1 is 1.07 bits per heavy atom. The van der Waals surface area contributed by atoms with Crippen LogP contribution in [-0.4, -0.2) is 72.5 Å². The van der Waals surface area contributed by atoms with Gasteiger partial charge in [0.25, 0.3) is 0 Å². The quantitative estimate of drug-likeness (QED) is 0.343. The number of amides is 2. The standard InChI is InChI=1S/C33H45FN2O6/c1-5-40-28-11-8-9-24(19-28)20-36(32(38)42-33(2,3)4)27-15-13-25(14-16-27)31(37)35-17-18-41-29(21-35)23-39-22-26-10-6-7-12-30(26)34/h6-12,19,25,27,29H,5,13-18,20-23H2,1-4H3/t25?,27?,29-/m1/s1. The summed E-state index contributed by atoms with van der Waals surface area (Å²) in [4.78, 5) is 30.5. The molecule has 8 nitrogen and oxygen atoms in total. The highest BCUT2D eigenvalue weighted by Crippen LogP contribution is 2.32. The smallest absolute Gasteiger partial charge is 0.410 e. The lowest BCUT2D eigenvalue weighted by atomic mass is 9.84. The van der Waals surface area contributed by atoms with Crippen LogP contribution in [0, 0.1) is 11.7 Å². The van der Waals surface area contributed by atoms with E-state index in [-0.39, 0.29) is 42.5 Å². The fourth-order valence-electron chi connectivity index (χ4n) is 5.59. The Morgan fingerprint density at radius 3 is 2.55 bits per heavy atom. The molecule has 2 fully saturated rings. The van der Waals surface area contributed by atoms with Crippen LogP contribution < -0.4 is 4.74 Å². The van der Waals surface area contributed by atoms with Crippen LogP contribution in [0.25, 0.3) is 0 Å². The Balaban J connectivity index is 1.32. The predicted octanol–water partition coefficient (Wildman–Crippen LogP) is 5.96. The number of benzene rings is 2. The Bertz CT molecular complexity index is 1180. The predicted molar refractivity (Wildman–Crippen MR) is 158 cm³/mol. The maximum absolute atomic E-state index is 13.9. The highest BCUT2D eigenvalue weighted by atomic mass is 19.1. The van der Waals surface area contributed by atoms with Gasteiger partial charge < -0.3 is 28.7 Å². The van der Waals surface area contributed by atoms with Crippen molar-refractivity contribution in [3.63, 3.8) is 0 Å². The average molecular weight is 585 g/mol. The first kappa shape index (κ1) is 31.8. The molecule has 1 heterocycles. The van der Waals surface area contributed by atoms with E-state index in [2.05, 4.69) is 0 Å². The van der Waals surface area contributed by atoms with Crippen molar-refractivity contribution < 1.29 is 32.9 Å². The van der Waals surface area contributed by atoms with Gasteiger partial charge in [0, 0.05) is 37.2 Å². The number of hydrogen-bond acceptors (Lipinski definition) is 6. The molecule has 0 unspecified atom stereocenters. The Morgan fingerprint density at radius 2 is 1.83 bits per heavy atom. The molecular formula is C33H45FN2O6. The molecule has 2 aromatic rings. The van der Waals surface area contributed by atoms with Crippen LogP contribution >= 0.6 is 0 Å². The van der Waals surface area contributed by atoms with Crippen molar-refractivity contribution in [3.05, 3.63) is 65.5 Å². The monoisotopic (exact) mass is 584 g/mol. The number of morpholine rings is 1. The minimum absolute atomic E-state index is 0.0242. The van der Waals surface area contributed by atoms with Gasteiger partial charge in [-0.3, -0.25) is 4.79 Å². The van der Waals surface area contributed by atoms with E-state index in [0.29, 0.717) is 57.9 Å². The molecule has 42 heavy (non-hydrogen) atoms. The lowest BCUT2D eigenvalue weighted by Crippen LogP contribution is -2.50. The van der Waals surface area contributed by atoms with Crippen LogP contribution in [0.5, 0.6) is 5.75 Å². The van der Waals surface area contributed by atoms with Gasteiger partial charge >= 0.3 is 6.09 Å². The number of rotatable bonds is 10. The lowest BCUT2D eigenvalue weighted by Gasteiger charge is -2.39. The van der Waals surface area contributed by atoms with Crippen LogP contribution in [0.2, 0.25) is 0 Å². The number of ether oxygens (including phenoxy) is 4. The van der Waals surface area contributed by atoms with E-state index in [0.717, 1.165) is 24.2 Å². The zero-order valence-electron chi connectivity index (χ0n) is 25.4. The van der Waals surface area contributed by atoms with Gasteiger partial charge in [-0.2, -0.15) is 0 Å². The molecule has 0 aromatic heterocycles. The number of hydrogen-bond donors (Lipinski definition) is 0. The molecule has 4 rings (SSSR count). The largest absolute Gasteiger partial charge is 0.494 e. The normalized spacial score (nSPS) is 21.1. The zero-order chi connectivity index (χ0) is 30.1. The molecule has 1 atom stereocenters. The molecule has 2 aliphatic rings. The SMILES string of the molecule is CCOc1cccc(CN(C(=O)OC(C)(C)C)C2CCC(C(=O)N3CCO[C@@H](COCc4ccccc4F)C3)CC2)c1. The molecule has 2 amide bonds. The first-order chi connectivity index (χ1) is 20.1. The van der Waals surface area contributed by atoms with Gasteiger partial charge in [-0.15, -0.1) is 0 Å². The molecule has 1 saturated heterocycles. The second-order valence-corrected chi connectivity index (χ2v) is 12.1. The van der Waals surface area contributed by atoms with E-state index < -0.39 is 5.60 Å². The van der Waals surface area contributed by atoms with Crippen molar-refractivity contribution in [2.24, 2.45) is 5.92 Å². The van der Waals surface area contributed by atoms with Crippen LogP contribution in [-0.2, 0) is 32.2 Å². The third-order valence-electron chi connectivity index (χ3n) is 7.65. The van der Waals surface area contributed by atoms with Crippen LogP contribution in [0.15, 0.2) is 48.5 Å². The second kappa shape index (κ2) is 14.8. The van der Waals surface area contributed by atoms with Crippen molar-refractivity contribution in [1.29, 1.82) is 0 Å². The van der Waals surface area contributed by atoms with Crippen LogP contribution in [0.1, 0.15) is 64.5 Å². The van der Waals surface area contributed by atoms with Crippen LogP contribution in [0.3, 0.4) is 0 Å². The summed E-state index contributed by atoms with van der Waals surface area (Å²) in [5, 5.41) is 0. The molecule has 2 aromatic carbocycles. The second-order valence-electron chi connectivity index (χ2n) is 12.1. The van der Waals surface area contributed by atoms with Crippen molar-refractivity contribution in [1.82, 2.24) is 9.80 Å². The topological polar surface area (TPSA) is 77.5 Å². The molecule has 9 heteroatoms. The lowest BCUT2D eigenvalue weighted by molar-refractivity contribution is -0.147. The first-order valence-corrected chi connectivity index (χ1v) is 15.1. The van der Waals surface area contributed by atoms with Crippen molar-refractivity contribution in [2.75, 3.05) is 32.9 Å². The molecular weight excluding hydrogens is 539 g/mol. The third kappa shape index (κ3) is 9.16. The van der Waals surface area contributed by atoms with E-state index in [1.54, 1.807) is 18.2 Å².